The zero-order valence-electron chi connectivity index (χ0n) is 9.87. The number of nitrogens with zero attached hydrogens (tertiary/aromatic N) is 2. The molecule has 0 unspecified atom stereocenters. The predicted octanol–water partition coefficient (Wildman–Crippen LogP) is 2.84. The van der Waals surface area contributed by atoms with E-state index < -0.39 is 0 Å². The molecule has 1 heterocycles. The molecule has 0 bridgehead atoms. The molecule has 0 saturated carbocycles. The number of anilines is 1. The molecule has 0 aliphatic rings. The molecule has 0 saturated heterocycles. The Hall–Kier alpha value is -1.31. The van der Waals surface area contributed by atoms with Gasteiger partial charge in [0.25, 0.3) is 0 Å². The van der Waals surface area contributed by atoms with E-state index >= 15 is 0 Å². The van der Waals surface area contributed by atoms with Gasteiger partial charge in [0.2, 0.25) is 0 Å². The molecular weight excluding hydrogens is 238 g/mol. The van der Waals surface area contributed by atoms with Gasteiger partial charge in [-0.1, -0.05) is 24.9 Å². The Morgan fingerprint density at radius 1 is 1.47 bits per heavy atom. The molecule has 5 heteroatoms. The summed E-state index contributed by atoms with van der Waals surface area (Å²) in [6.07, 6.45) is 2.20. The van der Waals surface area contributed by atoms with E-state index in [0.717, 1.165) is 19.4 Å². The molecule has 0 amide bonds. The van der Waals surface area contributed by atoms with Crippen molar-refractivity contribution in [3.63, 3.8) is 0 Å². The van der Waals surface area contributed by atoms with Crippen LogP contribution in [-0.4, -0.2) is 24.7 Å². The second-order valence-corrected chi connectivity index (χ2v) is 3.92. The second kappa shape index (κ2) is 7.88. The van der Waals surface area contributed by atoms with E-state index in [2.05, 4.69) is 23.3 Å². The molecule has 0 aromatic carbocycles. The third-order valence-electron chi connectivity index (χ3n) is 2.16. The average Bonchev–Trinajstić information content (AvgIpc) is 2.34. The maximum Gasteiger partial charge on any atom is 0.145 e. The van der Waals surface area contributed by atoms with Gasteiger partial charge in [0.1, 0.15) is 17.0 Å². The molecule has 17 heavy (non-hydrogen) atoms. The van der Waals surface area contributed by atoms with E-state index in [0.29, 0.717) is 29.7 Å². The summed E-state index contributed by atoms with van der Waals surface area (Å²) in [5.41, 5.74) is 0.489. The average molecular weight is 254 g/mol. The summed E-state index contributed by atoms with van der Waals surface area (Å²) in [4.78, 5) is 4.05. The van der Waals surface area contributed by atoms with E-state index in [1.807, 2.05) is 0 Å². The van der Waals surface area contributed by atoms with Crippen LogP contribution in [0.1, 0.15) is 25.3 Å². The maximum absolute atomic E-state index is 8.88. The number of halogens is 1. The number of unbranched alkanes of at least 4 members (excludes halogenated alkanes) is 1. The first-order chi connectivity index (χ1) is 8.27. The summed E-state index contributed by atoms with van der Waals surface area (Å²) >= 11 is 5.76. The number of hydrogen-bond donors (Lipinski definition) is 1. The molecule has 0 aliphatic carbocycles. The van der Waals surface area contributed by atoms with Crippen LogP contribution in [0.5, 0.6) is 0 Å². The van der Waals surface area contributed by atoms with E-state index in [1.165, 1.54) is 0 Å². The number of rotatable bonds is 7. The third-order valence-corrected chi connectivity index (χ3v) is 2.37. The van der Waals surface area contributed by atoms with Gasteiger partial charge in [0.05, 0.1) is 12.2 Å². The van der Waals surface area contributed by atoms with Gasteiger partial charge < -0.3 is 10.1 Å². The monoisotopic (exact) mass is 253 g/mol. The summed E-state index contributed by atoms with van der Waals surface area (Å²) in [6.45, 7) is 4.10. The predicted molar refractivity (Wildman–Crippen MR) is 68.2 cm³/mol. The number of ether oxygens (including phenoxy) is 1. The summed E-state index contributed by atoms with van der Waals surface area (Å²) < 4.78 is 5.39. The Bertz CT molecular complexity index is 390. The van der Waals surface area contributed by atoms with Crippen LogP contribution in [0.2, 0.25) is 5.15 Å². The first-order valence-corrected chi connectivity index (χ1v) is 6.04. The molecule has 4 nitrogen and oxygen atoms in total. The van der Waals surface area contributed by atoms with Crippen molar-refractivity contribution >= 4 is 17.4 Å². The Morgan fingerprint density at radius 3 is 3.00 bits per heavy atom. The van der Waals surface area contributed by atoms with Gasteiger partial charge in [-0.3, -0.25) is 0 Å². The quantitative estimate of drug-likeness (QED) is 0.600. The maximum atomic E-state index is 8.88. The molecule has 0 spiro atoms. The molecular formula is C12H16ClN3O. The Morgan fingerprint density at radius 2 is 2.29 bits per heavy atom. The summed E-state index contributed by atoms with van der Waals surface area (Å²) in [5.74, 6) is 0.513. The number of nitriles is 1. The van der Waals surface area contributed by atoms with E-state index in [-0.39, 0.29) is 0 Å². The molecule has 0 radical (unpaired) electrons. The highest BCUT2D eigenvalue weighted by Crippen LogP contribution is 2.15. The Labute approximate surface area is 107 Å². The van der Waals surface area contributed by atoms with Crippen LogP contribution in [0.4, 0.5) is 5.82 Å². The van der Waals surface area contributed by atoms with E-state index in [9.17, 15) is 0 Å². The van der Waals surface area contributed by atoms with Gasteiger partial charge in [0.15, 0.2) is 0 Å². The van der Waals surface area contributed by atoms with Crippen molar-refractivity contribution in [3.8, 4) is 6.07 Å². The van der Waals surface area contributed by atoms with Gasteiger partial charge in [0, 0.05) is 13.2 Å². The van der Waals surface area contributed by atoms with Gasteiger partial charge in [-0.2, -0.15) is 5.26 Å². The summed E-state index contributed by atoms with van der Waals surface area (Å²) in [7, 11) is 0. The number of aromatic nitrogens is 1. The number of nitrogens with one attached hydrogen (secondary N) is 1. The van der Waals surface area contributed by atoms with Crippen LogP contribution >= 0.6 is 11.6 Å². The fourth-order valence-electron chi connectivity index (χ4n) is 1.25. The Kier molecular flexibility index (Phi) is 6.38. The lowest BCUT2D eigenvalue weighted by atomic mass is 10.3. The van der Waals surface area contributed by atoms with Crippen molar-refractivity contribution in [3.05, 3.63) is 22.8 Å². The first kappa shape index (κ1) is 13.8. The number of hydrogen-bond acceptors (Lipinski definition) is 4. The second-order valence-electron chi connectivity index (χ2n) is 3.53. The van der Waals surface area contributed by atoms with E-state index in [4.69, 9.17) is 21.6 Å². The summed E-state index contributed by atoms with van der Waals surface area (Å²) in [5, 5.41) is 12.3. The van der Waals surface area contributed by atoms with Crippen LogP contribution in [-0.2, 0) is 4.74 Å². The van der Waals surface area contributed by atoms with Gasteiger partial charge in [-0.05, 0) is 18.6 Å². The SMILES string of the molecule is CCCCOCCNc1nc(Cl)ccc1C#N. The molecule has 0 atom stereocenters. The van der Waals surface area contributed by atoms with Crippen molar-refractivity contribution in [2.24, 2.45) is 0 Å². The van der Waals surface area contributed by atoms with Crippen LogP contribution in [0.3, 0.4) is 0 Å². The topological polar surface area (TPSA) is 57.9 Å². The molecule has 1 N–H and O–H groups in total. The molecule has 1 aromatic rings. The van der Waals surface area contributed by atoms with Gasteiger partial charge in [-0.15, -0.1) is 0 Å². The van der Waals surface area contributed by atoms with Crippen LogP contribution in [0.15, 0.2) is 12.1 Å². The molecule has 92 valence electrons. The normalized spacial score (nSPS) is 9.94. The standard InChI is InChI=1S/C12H16ClN3O/c1-2-3-7-17-8-6-15-12-10(9-14)4-5-11(13)16-12/h4-5H,2-3,6-8H2,1H3,(H,15,16). The molecule has 1 rings (SSSR count). The highest BCUT2D eigenvalue weighted by molar-refractivity contribution is 6.29. The zero-order chi connectivity index (χ0) is 12.5. The smallest absolute Gasteiger partial charge is 0.145 e. The summed E-state index contributed by atoms with van der Waals surface area (Å²) in [6, 6.07) is 5.31. The zero-order valence-corrected chi connectivity index (χ0v) is 10.6. The fourth-order valence-corrected chi connectivity index (χ4v) is 1.40. The van der Waals surface area contributed by atoms with Crippen molar-refractivity contribution in [2.45, 2.75) is 19.8 Å². The lowest BCUT2D eigenvalue weighted by Gasteiger charge is -2.07. The van der Waals surface area contributed by atoms with Crippen molar-refractivity contribution in [2.75, 3.05) is 25.1 Å². The van der Waals surface area contributed by atoms with Gasteiger partial charge >= 0.3 is 0 Å². The van der Waals surface area contributed by atoms with Crippen molar-refractivity contribution in [1.29, 1.82) is 5.26 Å². The van der Waals surface area contributed by atoms with Crippen molar-refractivity contribution < 1.29 is 4.74 Å². The minimum atomic E-state index is 0.374. The molecule has 0 fully saturated rings. The van der Waals surface area contributed by atoms with E-state index in [1.54, 1.807) is 12.1 Å². The van der Waals surface area contributed by atoms with Crippen LogP contribution in [0.25, 0.3) is 0 Å². The first-order valence-electron chi connectivity index (χ1n) is 5.66. The minimum absolute atomic E-state index is 0.374. The van der Waals surface area contributed by atoms with Gasteiger partial charge in [-0.25, -0.2) is 4.98 Å². The Balaban J connectivity index is 2.36. The highest BCUT2D eigenvalue weighted by Gasteiger charge is 2.03. The minimum Gasteiger partial charge on any atom is -0.380 e. The largest absolute Gasteiger partial charge is 0.380 e. The van der Waals surface area contributed by atoms with Crippen molar-refractivity contribution in [1.82, 2.24) is 4.98 Å². The molecule has 0 aliphatic heterocycles. The van der Waals surface area contributed by atoms with Crippen LogP contribution < -0.4 is 5.32 Å². The van der Waals surface area contributed by atoms with Crippen LogP contribution in [0, 0.1) is 11.3 Å². The lowest BCUT2D eigenvalue weighted by Crippen LogP contribution is -2.12. The molecule has 1 aromatic heterocycles. The number of pyridine rings is 1. The fraction of sp³-hybridized carbons (Fsp3) is 0.500. The lowest BCUT2D eigenvalue weighted by molar-refractivity contribution is 0.141. The third kappa shape index (κ3) is 5.03. The highest BCUT2D eigenvalue weighted by atomic mass is 35.5.